The molecule has 9 nitrogen and oxygen atoms in total. The summed E-state index contributed by atoms with van der Waals surface area (Å²) in [6.45, 7) is 3.46. The van der Waals surface area contributed by atoms with Crippen LogP contribution in [0.4, 0.5) is 0 Å². The molecule has 3 N–H and O–H groups in total. The molecule has 2 atom stereocenters. The lowest BCUT2D eigenvalue weighted by atomic mass is 10.1. The molecule has 2 unspecified atom stereocenters. The number of carbonyl (C=O) groups excluding carboxylic acids is 2. The van der Waals surface area contributed by atoms with Crippen LogP contribution in [0.3, 0.4) is 0 Å². The minimum atomic E-state index is -4.41. The molecule has 0 amide bonds. The molecular formula is C71H112NO8P. The van der Waals surface area contributed by atoms with Crippen molar-refractivity contribution >= 4 is 19.8 Å². The number of unbranched alkanes of at least 4 members (excludes halogenated alkanes) is 13. The molecule has 0 radical (unpaired) electrons. The zero-order valence-electron chi connectivity index (χ0n) is 50.7. The first kappa shape index (κ1) is 76.1. The number of phosphoric acid groups is 1. The molecule has 0 bridgehead atoms. The van der Waals surface area contributed by atoms with Gasteiger partial charge in [0.15, 0.2) is 6.10 Å². The maximum Gasteiger partial charge on any atom is 0.472 e. The van der Waals surface area contributed by atoms with Crippen LogP contribution in [0.2, 0.25) is 0 Å². The molecule has 0 saturated carbocycles. The topological polar surface area (TPSA) is 134 Å². The summed E-state index contributed by atoms with van der Waals surface area (Å²) >= 11 is 0. The van der Waals surface area contributed by atoms with Gasteiger partial charge >= 0.3 is 19.8 Å². The Morgan fingerprint density at radius 2 is 0.642 bits per heavy atom. The van der Waals surface area contributed by atoms with Gasteiger partial charge in [-0.25, -0.2) is 4.57 Å². The number of carbonyl (C=O) groups is 2. The van der Waals surface area contributed by atoms with Crippen LogP contribution < -0.4 is 5.73 Å². The van der Waals surface area contributed by atoms with Crippen LogP contribution in [0.25, 0.3) is 0 Å². The predicted molar refractivity (Wildman–Crippen MR) is 348 cm³/mol. The Labute approximate surface area is 494 Å². The molecular weight excluding hydrogens is 1030 g/mol. The van der Waals surface area contributed by atoms with E-state index in [-0.39, 0.29) is 32.6 Å². The molecule has 0 aromatic carbocycles. The Hall–Kier alpha value is -4.89. The molecule has 0 aliphatic carbocycles. The van der Waals surface area contributed by atoms with Crippen molar-refractivity contribution in [2.24, 2.45) is 5.73 Å². The van der Waals surface area contributed by atoms with Gasteiger partial charge in [-0.15, -0.1) is 0 Å². The quantitative estimate of drug-likeness (QED) is 0.0264. The third-order valence-electron chi connectivity index (χ3n) is 12.3. The van der Waals surface area contributed by atoms with Gasteiger partial charge in [0.2, 0.25) is 0 Å². The van der Waals surface area contributed by atoms with Gasteiger partial charge in [0.25, 0.3) is 0 Å². The summed E-state index contributed by atoms with van der Waals surface area (Å²) in [6, 6.07) is 0. The fourth-order valence-corrected chi connectivity index (χ4v) is 8.51. The molecule has 0 aliphatic heterocycles. The molecule has 0 saturated heterocycles. The number of nitrogens with two attached hydrogens (primary N) is 1. The minimum absolute atomic E-state index is 0.0386. The van der Waals surface area contributed by atoms with E-state index in [1.165, 1.54) is 25.7 Å². The molecule has 10 heteroatoms. The zero-order chi connectivity index (χ0) is 58.7. The highest BCUT2D eigenvalue weighted by Crippen LogP contribution is 2.43. The van der Waals surface area contributed by atoms with Gasteiger partial charge in [-0.3, -0.25) is 18.6 Å². The van der Waals surface area contributed by atoms with Crippen LogP contribution >= 0.6 is 7.82 Å². The average molecular weight is 1140 g/mol. The molecule has 0 heterocycles. The van der Waals surface area contributed by atoms with Crippen molar-refractivity contribution in [3.63, 3.8) is 0 Å². The molecule has 81 heavy (non-hydrogen) atoms. The van der Waals surface area contributed by atoms with Crippen molar-refractivity contribution in [3.05, 3.63) is 182 Å². The summed E-state index contributed by atoms with van der Waals surface area (Å²) in [7, 11) is -4.41. The number of rotatable bonds is 56. The van der Waals surface area contributed by atoms with E-state index in [0.717, 1.165) is 154 Å². The standard InChI is InChI=1S/C71H112NO8P/c1-3-5-7-9-11-13-15-17-19-21-23-25-26-27-28-29-30-31-32-33-34-35-36-37-38-39-40-41-42-44-46-48-50-52-54-56-58-60-62-64-71(74)80-69(68-79-81(75,76)78-66-65-72)67-77-70(73)63-61-59-57-55-53-51-49-47-45-43-24-22-20-18-16-14-12-10-8-6-4-2/h5-8,11-14,17-20,23-25,27-28,30-31,33-34,36-37,39-40,42-44,48,50,69H,3-4,9-10,15-16,21-22,26,29,32,35,38,41,45-47,49,51-68,72H2,1-2H3,(H,75,76)/b7-5-,8-6-,13-11-,14-12-,19-17-,20-18-,25-23-,28-27-,31-30-,34-33-,37-36-,40-39-,43-24-,44-42-,50-48-. The first-order chi connectivity index (χ1) is 39.8. The van der Waals surface area contributed by atoms with E-state index < -0.39 is 32.5 Å². The second kappa shape index (κ2) is 64.3. The Morgan fingerprint density at radius 1 is 0.370 bits per heavy atom. The second-order valence-corrected chi connectivity index (χ2v) is 21.3. The summed E-state index contributed by atoms with van der Waals surface area (Å²) in [6.07, 6.45) is 96.6. The fraction of sp³-hybridized carbons (Fsp3) is 0.549. The maximum absolute atomic E-state index is 12.7. The van der Waals surface area contributed by atoms with Gasteiger partial charge in [0.05, 0.1) is 13.2 Å². The van der Waals surface area contributed by atoms with Gasteiger partial charge in [-0.2, -0.15) is 0 Å². The number of allylic oxidation sites excluding steroid dienone is 30. The lowest BCUT2D eigenvalue weighted by molar-refractivity contribution is -0.161. The third-order valence-corrected chi connectivity index (χ3v) is 13.3. The second-order valence-electron chi connectivity index (χ2n) is 19.8. The summed E-state index contributed by atoms with van der Waals surface area (Å²) in [4.78, 5) is 35.2. The first-order valence-corrected chi connectivity index (χ1v) is 32.8. The third kappa shape index (κ3) is 64.1. The van der Waals surface area contributed by atoms with Gasteiger partial charge < -0.3 is 20.1 Å². The highest BCUT2D eigenvalue weighted by atomic mass is 31.2. The van der Waals surface area contributed by atoms with Gasteiger partial charge in [-0.1, -0.05) is 254 Å². The Morgan fingerprint density at radius 3 is 0.951 bits per heavy atom. The predicted octanol–water partition coefficient (Wildman–Crippen LogP) is 20.4. The largest absolute Gasteiger partial charge is 0.472 e. The smallest absolute Gasteiger partial charge is 0.462 e. The summed E-state index contributed by atoms with van der Waals surface area (Å²) in [5, 5.41) is 0. The zero-order valence-corrected chi connectivity index (χ0v) is 51.6. The highest BCUT2D eigenvalue weighted by molar-refractivity contribution is 7.47. The van der Waals surface area contributed by atoms with Crippen LogP contribution in [0.5, 0.6) is 0 Å². The number of phosphoric ester groups is 1. The minimum Gasteiger partial charge on any atom is -0.462 e. The van der Waals surface area contributed by atoms with Gasteiger partial charge in [0, 0.05) is 19.4 Å². The van der Waals surface area contributed by atoms with Crippen molar-refractivity contribution in [3.8, 4) is 0 Å². The van der Waals surface area contributed by atoms with Crippen LogP contribution in [0.1, 0.15) is 219 Å². The monoisotopic (exact) mass is 1140 g/mol. The number of hydrogen-bond acceptors (Lipinski definition) is 8. The molecule has 0 spiro atoms. The van der Waals surface area contributed by atoms with Crippen molar-refractivity contribution in [1.82, 2.24) is 0 Å². The normalized spacial score (nSPS) is 14.3. The van der Waals surface area contributed by atoms with Gasteiger partial charge in [0.1, 0.15) is 6.61 Å². The van der Waals surface area contributed by atoms with Crippen molar-refractivity contribution < 1.29 is 37.6 Å². The highest BCUT2D eigenvalue weighted by Gasteiger charge is 2.26. The van der Waals surface area contributed by atoms with E-state index >= 15 is 0 Å². The van der Waals surface area contributed by atoms with Gasteiger partial charge in [-0.05, 0) is 135 Å². The van der Waals surface area contributed by atoms with Crippen LogP contribution in [-0.2, 0) is 32.7 Å². The van der Waals surface area contributed by atoms with Crippen LogP contribution in [0.15, 0.2) is 182 Å². The maximum atomic E-state index is 12.7. The molecule has 0 fully saturated rings. The van der Waals surface area contributed by atoms with E-state index in [2.05, 4.69) is 196 Å². The number of esters is 2. The lowest BCUT2D eigenvalue weighted by Crippen LogP contribution is -2.29. The first-order valence-electron chi connectivity index (χ1n) is 31.3. The van der Waals surface area contributed by atoms with E-state index in [9.17, 15) is 19.0 Å². The average Bonchev–Trinajstić information content (AvgIpc) is 3.46. The van der Waals surface area contributed by atoms with Crippen molar-refractivity contribution in [1.29, 1.82) is 0 Å². The Balaban J connectivity index is 4.07. The van der Waals surface area contributed by atoms with Crippen LogP contribution in [-0.4, -0.2) is 49.3 Å². The van der Waals surface area contributed by atoms with E-state index in [4.69, 9.17) is 24.3 Å². The van der Waals surface area contributed by atoms with Crippen LogP contribution in [0, 0.1) is 0 Å². The summed E-state index contributed by atoms with van der Waals surface area (Å²) in [5.41, 5.74) is 5.38. The van der Waals surface area contributed by atoms with E-state index in [1.807, 2.05) is 0 Å². The lowest BCUT2D eigenvalue weighted by Gasteiger charge is -2.19. The Bertz CT molecular complexity index is 1980. The fourth-order valence-electron chi connectivity index (χ4n) is 7.75. The Kier molecular flexibility index (Phi) is 60.4. The molecule has 0 rings (SSSR count). The van der Waals surface area contributed by atoms with Crippen molar-refractivity contribution in [2.75, 3.05) is 26.4 Å². The van der Waals surface area contributed by atoms with Crippen molar-refractivity contribution in [2.45, 2.75) is 225 Å². The van der Waals surface area contributed by atoms with E-state index in [0.29, 0.717) is 12.8 Å². The number of hydrogen-bond donors (Lipinski definition) is 2. The van der Waals surface area contributed by atoms with E-state index in [1.54, 1.807) is 0 Å². The summed E-state index contributed by atoms with van der Waals surface area (Å²) < 4.78 is 33.0. The molecule has 454 valence electrons. The SMILES string of the molecule is CC/C=C\C/C=C\C/C=C\C/C=C\C/C=C\C/C=C\C/C=C\C/C=C\C/C=C\C/C=C\C/C=C\CCCCCCCC(=O)OC(COC(=O)CCCCCCCCCC/C=C\C/C=C\C/C=C\C/C=C\CC)COP(=O)(O)OCCN. The number of ether oxygens (including phenoxy) is 2. The molecule has 0 aromatic heterocycles. The summed E-state index contributed by atoms with van der Waals surface area (Å²) in [5.74, 6) is -0.874. The molecule has 0 aromatic rings. The molecule has 0 aliphatic rings.